The van der Waals surface area contributed by atoms with E-state index in [0.717, 1.165) is 32.1 Å². The number of alkyl halides is 2. The highest BCUT2D eigenvalue weighted by Crippen LogP contribution is 2.33. The van der Waals surface area contributed by atoms with E-state index in [0.29, 0.717) is 17.7 Å². The van der Waals surface area contributed by atoms with Gasteiger partial charge in [-0.25, -0.2) is 0 Å². The molecule has 2 aliphatic carbocycles. The van der Waals surface area contributed by atoms with Crippen LogP contribution in [0.5, 0.6) is 0 Å². The average Bonchev–Trinajstić information content (AvgIpc) is 2.25. The summed E-state index contributed by atoms with van der Waals surface area (Å²) in [7, 11) is 0. The predicted octanol–water partition coefficient (Wildman–Crippen LogP) is 3.32. The topological polar surface area (TPSA) is 29.5 Å². The van der Waals surface area contributed by atoms with E-state index in [2.05, 4.69) is 6.92 Å². The fourth-order valence-corrected chi connectivity index (χ4v) is 3.67. The van der Waals surface area contributed by atoms with Crippen LogP contribution in [0.4, 0.5) is 0 Å². The molecule has 2 fully saturated rings. The fourth-order valence-electron chi connectivity index (χ4n) is 2.96. The minimum Gasteiger partial charge on any atom is -0.390 e. The van der Waals surface area contributed by atoms with Crippen LogP contribution in [0, 0.1) is 5.92 Å². The molecule has 100 valence electrons. The average molecular weight is 281 g/mol. The molecule has 2 saturated carbocycles. The summed E-state index contributed by atoms with van der Waals surface area (Å²) in [4.78, 5) is 0. The first-order chi connectivity index (χ1) is 8.06. The first-order valence-corrected chi connectivity index (χ1v) is 7.55. The number of ether oxygens (including phenoxy) is 1. The highest BCUT2D eigenvalue weighted by atomic mass is 35.5. The van der Waals surface area contributed by atoms with E-state index in [9.17, 15) is 5.11 Å². The summed E-state index contributed by atoms with van der Waals surface area (Å²) < 4.78 is 6.09. The summed E-state index contributed by atoms with van der Waals surface area (Å²) in [6.07, 6.45) is 5.39. The van der Waals surface area contributed by atoms with E-state index in [4.69, 9.17) is 27.9 Å². The summed E-state index contributed by atoms with van der Waals surface area (Å²) in [5.41, 5.74) is 0. The molecule has 0 saturated heterocycles. The van der Waals surface area contributed by atoms with Gasteiger partial charge in [-0.15, -0.1) is 23.2 Å². The second kappa shape index (κ2) is 6.10. The van der Waals surface area contributed by atoms with Crippen LogP contribution in [0.1, 0.15) is 45.4 Å². The zero-order chi connectivity index (χ0) is 12.4. The molecule has 0 aromatic carbocycles. The van der Waals surface area contributed by atoms with Crippen molar-refractivity contribution in [3.63, 3.8) is 0 Å². The van der Waals surface area contributed by atoms with Crippen molar-refractivity contribution in [2.24, 2.45) is 5.92 Å². The number of aliphatic hydroxyl groups is 1. The third kappa shape index (κ3) is 3.73. The Hall–Kier alpha value is 0.500. The molecule has 0 heterocycles. The molecule has 0 aromatic rings. The highest BCUT2D eigenvalue weighted by molar-refractivity contribution is 6.20. The van der Waals surface area contributed by atoms with Crippen LogP contribution in [-0.2, 0) is 4.74 Å². The second-order valence-electron chi connectivity index (χ2n) is 5.58. The molecule has 0 bridgehead atoms. The first-order valence-electron chi connectivity index (χ1n) is 6.68. The molecular weight excluding hydrogens is 259 g/mol. The lowest BCUT2D eigenvalue weighted by Crippen LogP contribution is -2.41. The van der Waals surface area contributed by atoms with Crippen molar-refractivity contribution >= 4 is 23.2 Å². The second-order valence-corrected chi connectivity index (χ2v) is 6.81. The van der Waals surface area contributed by atoms with Gasteiger partial charge in [0.1, 0.15) is 0 Å². The molecule has 0 radical (unpaired) electrons. The third-order valence-corrected chi connectivity index (χ3v) is 4.86. The van der Waals surface area contributed by atoms with Crippen LogP contribution in [0.2, 0.25) is 0 Å². The summed E-state index contributed by atoms with van der Waals surface area (Å²) in [5.74, 6) is 0.493. The van der Waals surface area contributed by atoms with E-state index in [1.165, 1.54) is 0 Å². The zero-order valence-corrected chi connectivity index (χ0v) is 11.8. The number of hydrogen-bond donors (Lipinski definition) is 1. The minimum atomic E-state index is -0.396. The molecule has 17 heavy (non-hydrogen) atoms. The standard InChI is InChI=1S/C13H22Cl2O2/c1-8-6-9(14)2-4-12(8)17-13-5-3-10(15)7-11(13)16/h8-13,16H,2-7H2,1H3. The molecule has 2 aliphatic rings. The van der Waals surface area contributed by atoms with Crippen LogP contribution in [0.3, 0.4) is 0 Å². The van der Waals surface area contributed by atoms with Crippen molar-refractivity contribution in [1.29, 1.82) is 0 Å². The first kappa shape index (κ1) is 13.9. The Bertz CT molecular complexity index is 226. The molecule has 2 rings (SSSR count). The zero-order valence-electron chi connectivity index (χ0n) is 10.3. The van der Waals surface area contributed by atoms with Gasteiger partial charge < -0.3 is 9.84 Å². The van der Waals surface area contributed by atoms with Crippen LogP contribution < -0.4 is 0 Å². The normalized spacial score (nSPS) is 48.0. The van der Waals surface area contributed by atoms with Gasteiger partial charge in [-0.1, -0.05) is 6.92 Å². The molecule has 2 nitrogen and oxygen atoms in total. The molecule has 4 heteroatoms. The number of rotatable bonds is 2. The maximum Gasteiger partial charge on any atom is 0.0838 e. The van der Waals surface area contributed by atoms with Gasteiger partial charge in [-0.2, -0.15) is 0 Å². The maximum atomic E-state index is 9.97. The fraction of sp³-hybridized carbons (Fsp3) is 1.00. The molecule has 1 N–H and O–H groups in total. The van der Waals surface area contributed by atoms with Crippen LogP contribution in [0.25, 0.3) is 0 Å². The molecule has 0 spiro atoms. The number of halogens is 2. The minimum absolute atomic E-state index is 0.0238. The van der Waals surface area contributed by atoms with Crippen molar-refractivity contribution < 1.29 is 9.84 Å². The van der Waals surface area contributed by atoms with Crippen LogP contribution in [0.15, 0.2) is 0 Å². The van der Waals surface area contributed by atoms with Crippen molar-refractivity contribution in [3.8, 4) is 0 Å². The van der Waals surface area contributed by atoms with E-state index in [1.807, 2.05) is 0 Å². The maximum absolute atomic E-state index is 9.97. The monoisotopic (exact) mass is 280 g/mol. The summed E-state index contributed by atoms with van der Waals surface area (Å²) in [6, 6.07) is 0. The number of hydrogen-bond acceptors (Lipinski definition) is 2. The largest absolute Gasteiger partial charge is 0.390 e. The molecule has 0 amide bonds. The highest BCUT2D eigenvalue weighted by Gasteiger charge is 2.34. The van der Waals surface area contributed by atoms with Gasteiger partial charge in [0.05, 0.1) is 18.3 Å². The van der Waals surface area contributed by atoms with Gasteiger partial charge in [0, 0.05) is 10.8 Å². The Kier molecular flexibility index (Phi) is 4.99. The Morgan fingerprint density at radius 3 is 2.12 bits per heavy atom. The van der Waals surface area contributed by atoms with Crippen molar-refractivity contribution in [2.45, 2.75) is 74.5 Å². The van der Waals surface area contributed by atoms with Gasteiger partial charge in [0.25, 0.3) is 0 Å². The Labute approximate surface area is 114 Å². The summed E-state index contributed by atoms with van der Waals surface area (Å²) >= 11 is 12.2. The Balaban J connectivity index is 1.84. The smallest absolute Gasteiger partial charge is 0.0838 e. The van der Waals surface area contributed by atoms with Gasteiger partial charge in [0.2, 0.25) is 0 Å². The van der Waals surface area contributed by atoms with Gasteiger partial charge in [-0.3, -0.25) is 0 Å². The van der Waals surface area contributed by atoms with Crippen LogP contribution in [-0.4, -0.2) is 34.2 Å². The van der Waals surface area contributed by atoms with Crippen molar-refractivity contribution in [3.05, 3.63) is 0 Å². The van der Waals surface area contributed by atoms with Crippen molar-refractivity contribution in [1.82, 2.24) is 0 Å². The Morgan fingerprint density at radius 2 is 1.53 bits per heavy atom. The van der Waals surface area contributed by atoms with Gasteiger partial charge in [-0.05, 0) is 44.4 Å². The number of aliphatic hydroxyl groups excluding tert-OH is 1. The SMILES string of the molecule is CC1CC(Cl)CCC1OC1CCC(Cl)CC1O. The quantitative estimate of drug-likeness (QED) is 0.787. The Morgan fingerprint density at radius 1 is 0.941 bits per heavy atom. The molecule has 6 unspecified atom stereocenters. The summed E-state index contributed by atoms with van der Waals surface area (Å²) in [6.45, 7) is 2.19. The molecule has 6 atom stereocenters. The van der Waals surface area contributed by atoms with Crippen molar-refractivity contribution in [2.75, 3.05) is 0 Å². The lowest BCUT2D eigenvalue weighted by Gasteiger charge is -2.38. The van der Waals surface area contributed by atoms with Gasteiger partial charge >= 0.3 is 0 Å². The van der Waals surface area contributed by atoms with Crippen LogP contribution >= 0.6 is 23.2 Å². The lowest BCUT2D eigenvalue weighted by molar-refractivity contribution is -0.116. The predicted molar refractivity (Wildman–Crippen MR) is 70.8 cm³/mol. The summed E-state index contributed by atoms with van der Waals surface area (Å²) in [5, 5.41) is 10.4. The van der Waals surface area contributed by atoms with E-state index in [-0.39, 0.29) is 17.6 Å². The lowest BCUT2D eigenvalue weighted by atomic mass is 9.86. The van der Waals surface area contributed by atoms with Gasteiger partial charge in [0.15, 0.2) is 0 Å². The molecule has 0 aromatic heterocycles. The molecular formula is C13H22Cl2O2. The molecule has 0 aliphatic heterocycles. The van der Waals surface area contributed by atoms with E-state index in [1.54, 1.807) is 0 Å². The van der Waals surface area contributed by atoms with E-state index >= 15 is 0 Å². The van der Waals surface area contributed by atoms with E-state index < -0.39 is 6.10 Å². The third-order valence-electron chi connectivity index (χ3n) is 4.07.